The molecule has 2 aromatic carbocycles. The molecule has 0 spiro atoms. The molecule has 1 unspecified atom stereocenters. The van der Waals surface area contributed by atoms with Crippen LogP contribution in [-0.4, -0.2) is 32.5 Å². The predicted molar refractivity (Wildman–Crippen MR) is 115 cm³/mol. The number of nitrogens with zero attached hydrogens (tertiary/aromatic N) is 4. The lowest BCUT2D eigenvalue weighted by molar-refractivity contribution is 0.0934. The third-order valence-electron chi connectivity index (χ3n) is 4.98. The quantitative estimate of drug-likeness (QED) is 0.528. The van der Waals surface area contributed by atoms with Gasteiger partial charge in [0.05, 0.1) is 29.5 Å². The highest BCUT2D eigenvalue weighted by Crippen LogP contribution is 2.23. The summed E-state index contributed by atoms with van der Waals surface area (Å²) in [7, 11) is 0. The van der Waals surface area contributed by atoms with Gasteiger partial charge in [-0.2, -0.15) is 0 Å². The summed E-state index contributed by atoms with van der Waals surface area (Å²) in [5.74, 6) is 0.509. The highest BCUT2D eigenvalue weighted by atomic mass is 16.5. The van der Waals surface area contributed by atoms with Crippen molar-refractivity contribution in [2.45, 2.75) is 26.8 Å². The first kappa shape index (κ1) is 19.6. The molecule has 1 atom stereocenters. The van der Waals surface area contributed by atoms with E-state index in [1.54, 1.807) is 10.9 Å². The standard InChI is InChI=1S/C23H23N5O2/c1-4-30-18-9-5-8-17(14-18)15(2)25-23(29)22-16(3)28(27-26-22)21-12-6-11-20-19(21)10-7-13-24-20/h5-15H,4H2,1-3H3,(H,25,29). The fourth-order valence-electron chi connectivity index (χ4n) is 3.43. The van der Waals surface area contributed by atoms with Crippen LogP contribution in [0.3, 0.4) is 0 Å². The van der Waals surface area contributed by atoms with Gasteiger partial charge in [-0.3, -0.25) is 9.78 Å². The third-order valence-corrected chi connectivity index (χ3v) is 4.98. The minimum Gasteiger partial charge on any atom is -0.494 e. The number of ether oxygens (including phenoxy) is 1. The van der Waals surface area contributed by atoms with Crippen LogP contribution in [0.4, 0.5) is 0 Å². The van der Waals surface area contributed by atoms with Crippen molar-refractivity contribution in [1.29, 1.82) is 0 Å². The molecule has 2 aromatic heterocycles. The van der Waals surface area contributed by atoms with E-state index < -0.39 is 0 Å². The molecule has 7 nitrogen and oxygen atoms in total. The Labute approximate surface area is 174 Å². The molecule has 0 saturated heterocycles. The van der Waals surface area contributed by atoms with E-state index in [1.807, 2.05) is 75.4 Å². The maximum absolute atomic E-state index is 12.9. The smallest absolute Gasteiger partial charge is 0.274 e. The van der Waals surface area contributed by atoms with Crippen molar-refractivity contribution in [2.24, 2.45) is 0 Å². The molecule has 4 rings (SSSR count). The largest absolute Gasteiger partial charge is 0.494 e. The molecule has 0 aliphatic heterocycles. The second kappa shape index (κ2) is 8.32. The molecule has 7 heteroatoms. The van der Waals surface area contributed by atoms with Crippen molar-refractivity contribution in [3.8, 4) is 11.4 Å². The van der Waals surface area contributed by atoms with Gasteiger partial charge in [0.2, 0.25) is 0 Å². The van der Waals surface area contributed by atoms with Crippen LogP contribution in [0, 0.1) is 6.92 Å². The fraction of sp³-hybridized carbons (Fsp3) is 0.217. The number of fused-ring (bicyclic) bond motifs is 1. The van der Waals surface area contributed by atoms with E-state index in [1.165, 1.54) is 0 Å². The molecule has 1 N–H and O–H groups in total. The Morgan fingerprint density at radius 1 is 1.17 bits per heavy atom. The van der Waals surface area contributed by atoms with Gasteiger partial charge in [0.1, 0.15) is 5.75 Å². The van der Waals surface area contributed by atoms with Crippen LogP contribution in [-0.2, 0) is 0 Å². The van der Waals surface area contributed by atoms with E-state index in [9.17, 15) is 4.79 Å². The van der Waals surface area contributed by atoms with Crippen LogP contribution in [0.2, 0.25) is 0 Å². The van der Waals surface area contributed by atoms with Gasteiger partial charge in [-0.25, -0.2) is 4.68 Å². The number of nitrogens with one attached hydrogen (secondary N) is 1. The summed E-state index contributed by atoms with van der Waals surface area (Å²) in [5.41, 5.74) is 3.61. The topological polar surface area (TPSA) is 81.9 Å². The number of benzene rings is 2. The number of pyridine rings is 1. The van der Waals surface area contributed by atoms with Gasteiger partial charge in [-0.15, -0.1) is 5.10 Å². The van der Waals surface area contributed by atoms with Crippen molar-refractivity contribution in [3.63, 3.8) is 0 Å². The zero-order chi connectivity index (χ0) is 21.1. The Balaban J connectivity index is 1.59. The minimum atomic E-state index is -0.272. The maximum Gasteiger partial charge on any atom is 0.274 e. The molecular weight excluding hydrogens is 378 g/mol. The van der Waals surface area contributed by atoms with E-state index in [4.69, 9.17) is 4.74 Å². The Bertz CT molecular complexity index is 1200. The lowest BCUT2D eigenvalue weighted by atomic mass is 10.1. The third kappa shape index (κ3) is 3.74. The zero-order valence-corrected chi connectivity index (χ0v) is 17.2. The first-order valence-corrected chi connectivity index (χ1v) is 9.88. The van der Waals surface area contributed by atoms with Crippen molar-refractivity contribution in [2.75, 3.05) is 6.61 Å². The first-order valence-electron chi connectivity index (χ1n) is 9.88. The number of rotatable bonds is 6. The van der Waals surface area contributed by atoms with E-state index >= 15 is 0 Å². The predicted octanol–water partition coefficient (Wildman–Crippen LogP) is 4.01. The number of amides is 1. The summed E-state index contributed by atoms with van der Waals surface area (Å²) >= 11 is 0. The van der Waals surface area contributed by atoms with E-state index in [2.05, 4.69) is 20.6 Å². The number of hydrogen-bond acceptors (Lipinski definition) is 5. The van der Waals surface area contributed by atoms with Crippen molar-refractivity contribution in [3.05, 3.63) is 77.7 Å². The van der Waals surface area contributed by atoms with Crippen LogP contribution in [0.25, 0.3) is 16.6 Å². The van der Waals surface area contributed by atoms with Gasteiger partial charge in [0, 0.05) is 11.6 Å². The average Bonchev–Trinajstić information content (AvgIpc) is 3.15. The van der Waals surface area contributed by atoms with Gasteiger partial charge < -0.3 is 10.1 Å². The lowest BCUT2D eigenvalue weighted by Crippen LogP contribution is -2.27. The molecular formula is C23H23N5O2. The van der Waals surface area contributed by atoms with Crippen molar-refractivity contribution < 1.29 is 9.53 Å². The summed E-state index contributed by atoms with van der Waals surface area (Å²) in [6, 6.07) is 17.2. The number of carbonyl (C=O) groups excluding carboxylic acids is 1. The fourth-order valence-corrected chi connectivity index (χ4v) is 3.43. The summed E-state index contributed by atoms with van der Waals surface area (Å²) in [6.07, 6.45) is 1.75. The molecule has 2 heterocycles. The Kier molecular flexibility index (Phi) is 5.43. The van der Waals surface area contributed by atoms with Crippen molar-refractivity contribution in [1.82, 2.24) is 25.3 Å². The monoisotopic (exact) mass is 401 g/mol. The summed E-state index contributed by atoms with van der Waals surface area (Å²) in [5, 5.41) is 12.3. The van der Waals surface area contributed by atoms with Gasteiger partial charge in [-0.05, 0) is 62.7 Å². The Morgan fingerprint density at radius 2 is 2.00 bits per heavy atom. The highest BCUT2D eigenvalue weighted by Gasteiger charge is 2.20. The van der Waals surface area contributed by atoms with Gasteiger partial charge in [0.25, 0.3) is 5.91 Å². The van der Waals surface area contributed by atoms with E-state index in [-0.39, 0.29) is 11.9 Å². The van der Waals surface area contributed by atoms with Gasteiger partial charge in [0.15, 0.2) is 5.69 Å². The summed E-state index contributed by atoms with van der Waals surface area (Å²) in [6.45, 7) is 6.30. The average molecular weight is 401 g/mol. The van der Waals surface area contributed by atoms with Crippen molar-refractivity contribution >= 4 is 16.8 Å². The second-order valence-corrected chi connectivity index (χ2v) is 6.98. The van der Waals surface area contributed by atoms with Crippen LogP contribution in [0.5, 0.6) is 5.75 Å². The van der Waals surface area contributed by atoms with Crippen LogP contribution < -0.4 is 10.1 Å². The molecule has 30 heavy (non-hydrogen) atoms. The Hall–Kier alpha value is -3.74. The van der Waals surface area contributed by atoms with Gasteiger partial charge in [-0.1, -0.05) is 23.4 Å². The molecule has 0 bridgehead atoms. The molecule has 0 aliphatic rings. The number of hydrogen-bond donors (Lipinski definition) is 1. The van der Waals surface area contributed by atoms with E-state index in [0.717, 1.165) is 27.9 Å². The second-order valence-electron chi connectivity index (χ2n) is 6.98. The maximum atomic E-state index is 12.9. The lowest BCUT2D eigenvalue weighted by Gasteiger charge is -2.15. The molecule has 4 aromatic rings. The van der Waals surface area contributed by atoms with Gasteiger partial charge >= 0.3 is 0 Å². The highest BCUT2D eigenvalue weighted by molar-refractivity contribution is 5.94. The Morgan fingerprint density at radius 3 is 2.83 bits per heavy atom. The SMILES string of the molecule is CCOc1cccc(C(C)NC(=O)c2nnn(-c3cccc4ncccc34)c2C)c1. The normalized spacial score (nSPS) is 12.0. The van der Waals surface area contributed by atoms with Crippen LogP contribution in [0.15, 0.2) is 60.8 Å². The summed E-state index contributed by atoms with van der Waals surface area (Å²) < 4.78 is 7.23. The van der Waals surface area contributed by atoms with E-state index in [0.29, 0.717) is 18.0 Å². The molecule has 0 saturated carbocycles. The molecule has 0 aliphatic carbocycles. The summed E-state index contributed by atoms with van der Waals surface area (Å²) in [4.78, 5) is 17.3. The molecule has 0 fully saturated rings. The first-order chi connectivity index (χ1) is 14.6. The molecule has 152 valence electrons. The number of carbonyl (C=O) groups is 1. The number of aromatic nitrogens is 4. The molecule has 0 radical (unpaired) electrons. The van der Waals surface area contributed by atoms with Crippen LogP contribution in [0.1, 0.15) is 41.6 Å². The molecule has 1 amide bonds. The zero-order valence-electron chi connectivity index (χ0n) is 17.2. The minimum absolute atomic E-state index is 0.204. The van der Waals surface area contributed by atoms with Crippen LogP contribution >= 0.6 is 0 Å².